The second-order valence-electron chi connectivity index (χ2n) is 8.95. The number of nitrogens with one attached hydrogen (secondary N) is 1. The summed E-state index contributed by atoms with van der Waals surface area (Å²) in [5, 5.41) is 12.2. The van der Waals surface area contributed by atoms with Gasteiger partial charge in [0, 0.05) is 42.9 Å². The van der Waals surface area contributed by atoms with Gasteiger partial charge in [0.05, 0.1) is 18.8 Å². The molecule has 3 fully saturated rings. The highest BCUT2D eigenvalue weighted by Crippen LogP contribution is 2.47. The lowest BCUT2D eigenvalue weighted by Gasteiger charge is -2.40. The molecule has 4 aliphatic rings. The van der Waals surface area contributed by atoms with Crippen LogP contribution in [-0.4, -0.2) is 54.3 Å². The number of imide groups is 1. The third-order valence-corrected chi connectivity index (χ3v) is 6.44. The molecule has 1 aromatic carbocycles. The van der Waals surface area contributed by atoms with Gasteiger partial charge in [0.2, 0.25) is 0 Å². The van der Waals surface area contributed by atoms with Gasteiger partial charge in [-0.05, 0) is 12.1 Å². The fourth-order valence-corrected chi connectivity index (χ4v) is 4.70. The average Bonchev–Trinajstić information content (AvgIpc) is 3.31. The second-order valence-corrected chi connectivity index (χ2v) is 8.95. The SMILES string of the molecule is CC1(C)COc2c(C#N)ccc(OC3CC(N4C(=O)N[C@@]5(CCOC5)C4=O)C3)c21. The zero-order chi connectivity index (χ0) is 20.4. The van der Waals surface area contributed by atoms with E-state index in [1.54, 1.807) is 6.07 Å². The van der Waals surface area contributed by atoms with Crippen molar-refractivity contribution in [3.63, 3.8) is 0 Å². The summed E-state index contributed by atoms with van der Waals surface area (Å²) in [5.41, 5.74) is 0.295. The molecule has 0 radical (unpaired) electrons. The molecule has 1 aliphatic carbocycles. The van der Waals surface area contributed by atoms with Crippen molar-refractivity contribution in [1.29, 1.82) is 5.26 Å². The molecule has 0 unspecified atom stereocenters. The van der Waals surface area contributed by atoms with Crippen LogP contribution in [0, 0.1) is 11.3 Å². The molecule has 2 saturated heterocycles. The minimum Gasteiger partial charge on any atom is -0.491 e. The highest BCUT2D eigenvalue weighted by Gasteiger charge is 2.57. The molecule has 1 atom stereocenters. The van der Waals surface area contributed by atoms with E-state index in [0.29, 0.717) is 49.5 Å². The predicted molar refractivity (Wildman–Crippen MR) is 101 cm³/mol. The van der Waals surface area contributed by atoms with Gasteiger partial charge >= 0.3 is 6.03 Å². The number of ether oxygens (including phenoxy) is 3. The molecule has 8 nitrogen and oxygen atoms in total. The first kappa shape index (κ1) is 18.3. The summed E-state index contributed by atoms with van der Waals surface area (Å²) in [6.45, 7) is 5.35. The van der Waals surface area contributed by atoms with Crippen molar-refractivity contribution in [2.24, 2.45) is 0 Å². The van der Waals surface area contributed by atoms with Crippen LogP contribution in [-0.2, 0) is 14.9 Å². The summed E-state index contributed by atoms with van der Waals surface area (Å²) in [5.74, 6) is 1.13. The normalized spacial score (nSPS) is 31.8. The van der Waals surface area contributed by atoms with Crippen molar-refractivity contribution < 1.29 is 23.8 Å². The van der Waals surface area contributed by atoms with Crippen LogP contribution in [0.15, 0.2) is 12.1 Å². The van der Waals surface area contributed by atoms with Crippen molar-refractivity contribution in [3.05, 3.63) is 23.3 Å². The third kappa shape index (κ3) is 2.60. The van der Waals surface area contributed by atoms with Crippen LogP contribution in [0.25, 0.3) is 0 Å². The summed E-state index contributed by atoms with van der Waals surface area (Å²) in [6, 6.07) is 5.21. The molecule has 29 heavy (non-hydrogen) atoms. The van der Waals surface area contributed by atoms with E-state index >= 15 is 0 Å². The van der Waals surface area contributed by atoms with Crippen LogP contribution in [0.4, 0.5) is 4.79 Å². The Hall–Kier alpha value is -2.79. The minimum atomic E-state index is -0.877. The van der Waals surface area contributed by atoms with Gasteiger partial charge in [0.25, 0.3) is 5.91 Å². The Morgan fingerprint density at radius 2 is 2.07 bits per heavy atom. The molecule has 1 aromatic rings. The van der Waals surface area contributed by atoms with Gasteiger partial charge in [-0.15, -0.1) is 0 Å². The lowest BCUT2D eigenvalue weighted by molar-refractivity contribution is -0.135. The number of urea groups is 1. The number of fused-ring (bicyclic) bond motifs is 1. The van der Waals surface area contributed by atoms with E-state index in [1.807, 2.05) is 6.07 Å². The van der Waals surface area contributed by atoms with Gasteiger partial charge in [-0.1, -0.05) is 13.8 Å². The Kier molecular flexibility index (Phi) is 3.84. The van der Waals surface area contributed by atoms with E-state index in [0.717, 1.165) is 5.56 Å². The summed E-state index contributed by atoms with van der Waals surface area (Å²) in [7, 11) is 0. The molecule has 1 spiro atoms. The zero-order valence-corrected chi connectivity index (χ0v) is 16.5. The number of hydrogen-bond donors (Lipinski definition) is 1. The Labute approximate surface area is 168 Å². The minimum absolute atomic E-state index is 0.0922. The molecule has 8 heteroatoms. The Bertz CT molecular complexity index is 938. The monoisotopic (exact) mass is 397 g/mol. The van der Waals surface area contributed by atoms with Crippen molar-refractivity contribution in [1.82, 2.24) is 10.2 Å². The Morgan fingerprint density at radius 3 is 2.76 bits per heavy atom. The second kappa shape index (κ2) is 6.10. The largest absolute Gasteiger partial charge is 0.491 e. The first-order chi connectivity index (χ1) is 13.8. The van der Waals surface area contributed by atoms with Gasteiger partial charge < -0.3 is 19.5 Å². The zero-order valence-electron chi connectivity index (χ0n) is 16.5. The van der Waals surface area contributed by atoms with Gasteiger partial charge in [0.1, 0.15) is 29.2 Å². The number of carbonyl (C=O) groups is 2. The molecule has 3 amide bonds. The maximum Gasteiger partial charge on any atom is 0.325 e. The molecule has 5 rings (SSSR count). The fraction of sp³-hybridized carbons (Fsp3) is 0.571. The standard InChI is InChI=1S/C21H23N3O5/c1-20(2)10-28-17-12(9-22)3-4-15(16(17)20)29-14-7-13(8-14)24-18(25)21(23-19(24)26)5-6-27-11-21/h3-4,13-14H,5-8,10-11H2,1-2H3,(H,23,26)/t13?,14?,21-/m1/s1. The summed E-state index contributed by atoms with van der Waals surface area (Å²) in [4.78, 5) is 26.6. The van der Waals surface area contributed by atoms with Crippen molar-refractivity contribution in [3.8, 4) is 17.6 Å². The van der Waals surface area contributed by atoms with E-state index in [4.69, 9.17) is 14.2 Å². The van der Waals surface area contributed by atoms with Crippen molar-refractivity contribution in [2.75, 3.05) is 19.8 Å². The van der Waals surface area contributed by atoms with Crippen molar-refractivity contribution in [2.45, 2.75) is 56.2 Å². The van der Waals surface area contributed by atoms with Gasteiger partial charge in [-0.3, -0.25) is 9.69 Å². The van der Waals surface area contributed by atoms with Gasteiger partial charge in [-0.25, -0.2) is 4.79 Å². The number of amides is 3. The molecule has 3 heterocycles. The van der Waals surface area contributed by atoms with E-state index in [9.17, 15) is 14.9 Å². The van der Waals surface area contributed by atoms with Crippen LogP contribution in [0.5, 0.6) is 11.5 Å². The van der Waals surface area contributed by atoms with Crippen LogP contribution < -0.4 is 14.8 Å². The predicted octanol–water partition coefficient (Wildman–Crippen LogP) is 1.85. The highest BCUT2D eigenvalue weighted by atomic mass is 16.5. The van der Waals surface area contributed by atoms with Crippen LogP contribution in [0.2, 0.25) is 0 Å². The van der Waals surface area contributed by atoms with E-state index < -0.39 is 5.54 Å². The van der Waals surface area contributed by atoms with Gasteiger partial charge in [-0.2, -0.15) is 5.26 Å². The van der Waals surface area contributed by atoms with E-state index in [2.05, 4.69) is 25.2 Å². The maximum absolute atomic E-state index is 12.8. The van der Waals surface area contributed by atoms with E-state index in [-0.39, 0.29) is 36.1 Å². The van der Waals surface area contributed by atoms with Crippen LogP contribution >= 0.6 is 0 Å². The topological polar surface area (TPSA) is 101 Å². The molecular formula is C21H23N3O5. The first-order valence-corrected chi connectivity index (χ1v) is 9.95. The first-order valence-electron chi connectivity index (χ1n) is 9.95. The number of benzene rings is 1. The number of carbonyl (C=O) groups excluding carboxylic acids is 2. The number of nitriles is 1. The molecule has 3 aliphatic heterocycles. The molecule has 1 N–H and O–H groups in total. The number of hydrogen-bond acceptors (Lipinski definition) is 6. The maximum atomic E-state index is 12.8. The Morgan fingerprint density at radius 1 is 1.28 bits per heavy atom. The fourth-order valence-electron chi connectivity index (χ4n) is 4.70. The number of nitrogens with zero attached hydrogens (tertiary/aromatic N) is 2. The Balaban J connectivity index is 1.30. The van der Waals surface area contributed by atoms with E-state index in [1.165, 1.54) is 4.90 Å². The highest BCUT2D eigenvalue weighted by molar-refractivity contribution is 6.07. The molecular weight excluding hydrogens is 374 g/mol. The number of rotatable bonds is 3. The van der Waals surface area contributed by atoms with Crippen LogP contribution in [0.1, 0.15) is 44.2 Å². The smallest absolute Gasteiger partial charge is 0.325 e. The third-order valence-electron chi connectivity index (χ3n) is 6.44. The molecule has 1 saturated carbocycles. The summed E-state index contributed by atoms with van der Waals surface area (Å²) < 4.78 is 17.3. The molecule has 0 aromatic heterocycles. The van der Waals surface area contributed by atoms with Gasteiger partial charge in [0.15, 0.2) is 0 Å². The van der Waals surface area contributed by atoms with Crippen LogP contribution in [0.3, 0.4) is 0 Å². The lowest BCUT2D eigenvalue weighted by atomic mass is 9.84. The average molecular weight is 397 g/mol. The lowest BCUT2D eigenvalue weighted by Crippen LogP contribution is -2.53. The van der Waals surface area contributed by atoms with Crippen molar-refractivity contribution >= 4 is 11.9 Å². The summed E-state index contributed by atoms with van der Waals surface area (Å²) >= 11 is 0. The molecule has 152 valence electrons. The summed E-state index contributed by atoms with van der Waals surface area (Å²) in [6.07, 6.45) is 1.61. The molecule has 0 bridgehead atoms. The quantitative estimate of drug-likeness (QED) is 0.781.